The molecule has 0 spiro atoms. The molecule has 1 amide bonds. The lowest BCUT2D eigenvalue weighted by molar-refractivity contribution is 0.0953. The minimum absolute atomic E-state index is 0.164. The number of hydrogen-bond donors (Lipinski definition) is 1. The second kappa shape index (κ2) is 8.45. The number of carbonyl (C=O) groups is 1. The molecule has 2 aliphatic rings. The van der Waals surface area contributed by atoms with Crippen molar-refractivity contribution in [2.45, 2.75) is 25.7 Å². The Morgan fingerprint density at radius 2 is 1.90 bits per heavy atom. The van der Waals surface area contributed by atoms with Crippen LogP contribution in [0.15, 0.2) is 48.5 Å². The summed E-state index contributed by atoms with van der Waals surface area (Å²) in [7, 11) is -3.28. The number of sulfonamides is 1. The van der Waals surface area contributed by atoms with E-state index >= 15 is 0 Å². The Kier molecular flexibility index (Phi) is 5.76. The first-order chi connectivity index (χ1) is 14.0. The number of nitrogens with one attached hydrogen (secondary N) is 1. The van der Waals surface area contributed by atoms with E-state index in [1.807, 2.05) is 0 Å². The first-order valence-electron chi connectivity index (χ1n) is 10.3. The maximum Gasteiger partial charge on any atom is 0.251 e. The lowest BCUT2D eigenvalue weighted by Gasteiger charge is -2.28. The van der Waals surface area contributed by atoms with Crippen LogP contribution in [0.5, 0.6) is 0 Å². The maximum absolute atomic E-state index is 12.5. The molecule has 0 saturated carbocycles. The summed E-state index contributed by atoms with van der Waals surface area (Å²) in [4.78, 5) is 14.9. The number of hydrogen-bond acceptors (Lipinski definition) is 4. The van der Waals surface area contributed by atoms with E-state index in [0.717, 1.165) is 32.4 Å². The monoisotopic (exact) mass is 413 g/mol. The highest BCUT2D eigenvalue weighted by atomic mass is 32.2. The SMILES string of the molecule is O=C(NCCCN1CCc2ccccc21)c1cccc(N2CCCCS2(=O)=O)c1. The van der Waals surface area contributed by atoms with Crippen LogP contribution in [-0.2, 0) is 16.4 Å². The number of fused-ring (bicyclic) bond motifs is 1. The van der Waals surface area contributed by atoms with Gasteiger partial charge in [-0.15, -0.1) is 0 Å². The summed E-state index contributed by atoms with van der Waals surface area (Å²) < 4.78 is 26.0. The highest BCUT2D eigenvalue weighted by Gasteiger charge is 2.26. The van der Waals surface area contributed by atoms with Gasteiger partial charge in [0.15, 0.2) is 0 Å². The van der Waals surface area contributed by atoms with E-state index in [2.05, 4.69) is 34.5 Å². The summed E-state index contributed by atoms with van der Waals surface area (Å²) in [6, 6.07) is 15.4. The number of rotatable bonds is 6. The van der Waals surface area contributed by atoms with Gasteiger partial charge in [-0.3, -0.25) is 9.10 Å². The molecule has 2 heterocycles. The molecule has 0 aliphatic carbocycles. The average molecular weight is 414 g/mol. The van der Waals surface area contributed by atoms with E-state index < -0.39 is 10.0 Å². The Bertz CT molecular complexity index is 990. The number of amides is 1. The second-order valence-corrected chi connectivity index (χ2v) is 9.63. The zero-order chi connectivity index (χ0) is 20.3. The van der Waals surface area contributed by atoms with E-state index in [-0.39, 0.29) is 11.7 Å². The fourth-order valence-corrected chi connectivity index (χ4v) is 5.73. The molecule has 29 heavy (non-hydrogen) atoms. The van der Waals surface area contributed by atoms with Crippen molar-refractivity contribution in [2.75, 3.05) is 41.1 Å². The summed E-state index contributed by atoms with van der Waals surface area (Å²) in [6.45, 7) is 3.00. The van der Waals surface area contributed by atoms with Gasteiger partial charge in [0.25, 0.3) is 5.91 Å². The maximum atomic E-state index is 12.5. The van der Waals surface area contributed by atoms with Gasteiger partial charge in [-0.05, 0) is 55.5 Å². The fourth-order valence-electron chi connectivity index (χ4n) is 4.09. The normalized spacial score (nSPS) is 17.8. The Balaban J connectivity index is 1.31. The number of nitrogens with zero attached hydrogens (tertiary/aromatic N) is 2. The van der Waals surface area contributed by atoms with E-state index in [4.69, 9.17) is 0 Å². The number of anilines is 2. The molecule has 1 fully saturated rings. The summed E-state index contributed by atoms with van der Waals surface area (Å²) in [6.07, 6.45) is 3.48. The van der Waals surface area contributed by atoms with Crippen LogP contribution in [0.1, 0.15) is 35.2 Å². The highest BCUT2D eigenvalue weighted by Crippen LogP contribution is 2.27. The molecule has 1 N–H and O–H groups in total. The van der Waals surface area contributed by atoms with E-state index in [0.29, 0.717) is 30.8 Å². The third-order valence-electron chi connectivity index (χ3n) is 5.62. The van der Waals surface area contributed by atoms with Crippen molar-refractivity contribution in [3.8, 4) is 0 Å². The molecule has 0 bridgehead atoms. The molecule has 7 heteroatoms. The van der Waals surface area contributed by atoms with Gasteiger partial charge >= 0.3 is 0 Å². The van der Waals surface area contributed by atoms with Gasteiger partial charge in [-0.25, -0.2) is 8.42 Å². The predicted molar refractivity (Wildman–Crippen MR) is 116 cm³/mol. The van der Waals surface area contributed by atoms with Gasteiger partial charge in [0.05, 0.1) is 11.4 Å². The van der Waals surface area contributed by atoms with Crippen LogP contribution in [-0.4, -0.2) is 46.3 Å². The molecule has 6 nitrogen and oxygen atoms in total. The minimum atomic E-state index is -3.28. The van der Waals surface area contributed by atoms with Crippen molar-refractivity contribution in [2.24, 2.45) is 0 Å². The summed E-state index contributed by atoms with van der Waals surface area (Å²) >= 11 is 0. The van der Waals surface area contributed by atoms with E-state index in [1.165, 1.54) is 15.6 Å². The number of benzene rings is 2. The smallest absolute Gasteiger partial charge is 0.251 e. The molecule has 2 aliphatic heterocycles. The van der Waals surface area contributed by atoms with E-state index in [1.54, 1.807) is 24.3 Å². The largest absolute Gasteiger partial charge is 0.371 e. The summed E-state index contributed by atoms with van der Waals surface area (Å²) in [5.41, 5.74) is 3.76. The first-order valence-corrected chi connectivity index (χ1v) is 11.9. The van der Waals surface area contributed by atoms with Crippen LogP contribution in [0, 0.1) is 0 Å². The van der Waals surface area contributed by atoms with Gasteiger partial charge in [0, 0.05) is 37.4 Å². The molecule has 4 rings (SSSR count). The molecular formula is C22H27N3O3S. The molecule has 0 unspecified atom stereocenters. The molecule has 0 atom stereocenters. The van der Waals surface area contributed by atoms with Crippen molar-refractivity contribution < 1.29 is 13.2 Å². The average Bonchev–Trinajstić information content (AvgIpc) is 3.14. The summed E-state index contributed by atoms with van der Waals surface area (Å²) in [5.74, 6) is 0.00588. The second-order valence-electron chi connectivity index (χ2n) is 7.62. The Morgan fingerprint density at radius 1 is 1.03 bits per heavy atom. The van der Waals surface area contributed by atoms with Gasteiger partial charge in [-0.1, -0.05) is 24.3 Å². The topological polar surface area (TPSA) is 69.7 Å². The Hall–Kier alpha value is -2.54. The van der Waals surface area contributed by atoms with E-state index in [9.17, 15) is 13.2 Å². The third kappa shape index (κ3) is 4.40. The standard InChI is InChI=1S/C22H27N3O3S/c26-22(23-12-6-13-24-15-11-18-7-1-2-10-21(18)24)19-8-5-9-20(17-19)25-14-3-4-16-29(25,27)28/h1-2,5,7-10,17H,3-4,6,11-16H2,(H,23,26). The van der Waals surface area contributed by atoms with Crippen molar-refractivity contribution >= 4 is 27.3 Å². The van der Waals surface area contributed by atoms with Crippen LogP contribution in [0.3, 0.4) is 0 Å². The molecule has 154 valence electrons. The Labute approximate surface area is 172 Å². The van der Waals surface area contributed by atoms with Crippen molar-refractivity contribution in [1.29, 1.82) is 0 Å². The third-order valence-corrected chi connectivity index (χ3v) is 7.49. The van der Waals surface area contributed by atoms with Crippen molar-refractivity contribution in [3.63, 3.8) is 0 Å². The van der Waals surface area contributed by atoms with Crippen LogP contribution >= 0.6 is 0 Å². The van der Waals surface area contributed by atoms with Crippen LogP contribution in [0.2, 0.25) is 0 Å². The molecule has 1 saturated heterocycles. The van der Waals surface area contributed by atoms with Gasteiger partial charge in [-0.2, -0.15) is 0 Å². The molecule has 0 radical (unpaired) electrons. The van der Waals surface area contributed by atoms with Gasteiger partial charge in [0.2, 0.25) is 10.0 Å². The molecular weight excluding hydrogens is 386 g/mol. The van der Waals surface area contributed by atoms with Crippen LogP contribution < -0.4 is 14.5 Å². The van der Waals surface area contributed by atoms with Crippen molar-refractivity contribution in [1.82, 2.24) is 5.32 Å². The van der Waals surface area contributed by atoms with Gasteiger partial charge in [0.1, 0.15) is 0 Å². The summed E-state index contributed by atoms with van der Waals surface area (Å²) in [5, 5.41) is 2.96. The number of carbonyl (C=O) groups excluding carboxylic acids is 1. The molecule has 0 aromatic heterocycles. The minimum Gasteiger partial charge on any atom is -0.371 e. The lowest BCUT2D eigenvalue weighted by atomic mass is 10.1. The lowest BCUT2D eigenvalue weighted by Crippen LogP contribution is -2.38. The highest BCUT2D eigenvalue weighted by molar-refractivity contribution is 7.92. The molecule has 2 aromatic carbocycles. The predicted octanol–water partition coefficient (Wildman–Crippen LogP) is 2.80. The first kappa shape index (κ1) is 19.8. The van der Waals surface area contributed by atoms with Gasteiger partial charge < -0.3 is 10.2 Å². The van der Waals surface area contributed by atoms with Crippen LogP contribution in [0.25, 0.3) is 0 Å². The van der Waals surface area contributed by atoms with Crippen molar-refractivity contribution in [3.05, 3.63) is 59.7 Å². The fraction of sp³-hybridized carbons (Fsp3) is 0.409. The Morgan fingerprint density at radius 3 is 2.76 bits per heavy atom. The zero-order valence-corrected chi connectivity index (χ0v) is 17.3. The quantitative estimate of drug-likeness (QED) is 0.740. The molecule has 2 aromatic rings. The zero-order valence-electron chi connectivity index (χ0n) is 16.5. The van der Waals surface area contributed by atoms with Crippen LogP contribution in [0.4, 0.5) is 11.4 Å². The number of para-hydroxylation sites is 1.